The van der Waals surface area contributed by atoms with Gasteiger partial charge in [0.15, 0.2) is 0 Å². The molecular weight excluding hydrogens is 286 g/mol. The number of rotatable bonds is 1. The van der Waals surface area contributed by atoms with Crippen LogP contribution in [0.25, 0.3) is 0 Å². The summed E-state index contributed by atoms with van der Waals surface area (Å²) in [6.45, 7) is 1.52. The van der Waals surface area contributed by atoms with Gasteiger partial charge in [-0.1, -0.05) is 0 Å². The van der Waals surface area contributed by atoms with E-state index >= 15 is 0 Å². The molecular formula is C11H12BrN3O2. The Morgan fingerprint density at radius 3 is 3.06 bits per heavy atom. The molecule has 6 heteroatoms. The van der Waals surface area contributed by atoms with Crippen molar-refractivity contribution in [2.75, 3.05) is 19.6 Å². The van der Waals surface area contributed by atoms with Gasteiger partial charge in [-0.15, -0.1) is 0 Å². The Kier molecular flexibility index (Phi) is 3.73. The van der Waals surface area contributed by atoms with Crippen LogP contribution in [0.3, 0.4) is 0 Å². The van der Waals surface area contributed by atoms with Crippen molar-refractivity contribution in [2.45, 2.75) is 6.42 Å². The third kappa shape index (κ3) is 3.03. The van der Waals surface area contributed by atoms with Gasteiger partial charge < -0.3 is 10.2 Å². The van der Waals surface area contributed by atoms with E-state index in [-0.39, 0.29) is 11.8 Å². The van der Waals surface area contributed by atoms with E-state index in [1.165, 1.54) is 0 Å². The van der Waals surface area contributed by atoms with Crippen molar-refractivity contribution in [3.8, 4) is 0 Å². The molecule has 0 saturated carbocycles. The van der Waals surface area contributed by atoms with Gasteiger partial charge >= 0.3 is 0 Å². The summed E-state index contributed by atoms with van der Waals surface area (Å²) in [7, 11) is 0. The molecule has 1 saturated heterocycles. The fourth-order valence-electron chi connectivity index (χ4n) is 1.69. The first kappa shape index (κ1) is 12.0. The van der Waals surface area contributed by atoms with Crippen LogP contribution in [0, 0.1) is 0 Å². The summed E-state index contributed by atoms with van der Waals surface area (Å²) in [6, 6.07) is 3.36. The second kappa shape index (κ2) is 5.27. The Morgan fingerprint density at radius 2 is 2.29 bits per heavy atom. The molecule has 1 aliphatic heterocycles. The second-order valence-electron chi connectivity index (χ2n) is 3.76. The first-order chi connectivity index (χ1) is 8.16. The Balaban J connectivity index is 2.11. The summed E-state index contributed by atoms with van der Waals surface area (Å²) < 4.78 is 0.632. The van der Waals surface area contributed by atoms with Crippen LogP contribution in [-0.4, -0.2) is 41.3 Å². The van der Waals surface area contributed by atoms with Crippen molar-refractivity contribution in [1.82, 2.24) is 15.2 Å². The minimum Gasteiger partial charge on any atom is -0.354 e. The molecule has 0 aromatic carbocycles. The van der Waals surface area contributed by atoms with Gasteiger partial charge in [0.25, 0.3) is 5.91 Å². The van der Waals surface area contributed by atoms with Gasteiger partial charge in [0.1, 0.15) is 4.60 Å². The minimum atomic E-state index is -0.0652. The molecule has 1 aromatic heterocycles. The maximum Gasteiger partial charge on any atom is 0.254 e. The van der Waals surface area contributed by atoms with Crippen molar-refractivity contribution < 1.29 is 9.59 Å². The normalized spacial score (nSPS) is 16.3. The Bertz CT molecular complexity index is 450. The van der Waals surface area contributed by atoms with Crippen LogP contribution in [0.2, 0.25) is 0 Å². The van der Waals surface area contributed by atoms with Crippen molar-refractivity contribution in [3.05, 3.63) is 28.5 Å². The molecule has 5 nitrogen and oxygen atoms in total. The molecule has 0 spiro atoms. The summed E-state index contributed by atoms with van der Waals surface area (Å²) in [6.07, 6.45) is 1.94. The zero-order valence-electron chi connectivity index (χ0n) is 9.15. The molecule has 0 radical (unpaired) electrons. The Hall–Kier alpha value is -1.43. The predicted molar refractivity (Wildman–Crippen MR) is 65.5 cm³/mol. The topological polar surface area (TPSA) is 62.3 Å². The average molecular weight is 298 g/mol. The van der Waals surface area contributed by atoms with Crippen LogP contribution >= 0.6 is 15.9 Å². The number of carbonyl (C=O) groups excluding carboxylic acids is 2. The van der Waals surface area contributed by atoms with E-state index in [0.29, 0.717) is 36.2 Å². The van der Waals surface area contributed by atoms with Crippen molar-refractivity contribution in [2.24, 2.45) is 0 Å². The van der Waals surface area contributed by atoms with Crippen LogP contribution in [0.4, 0.5) is 0 Å². The number of carbonyl (C=O) groups is 2. The third-order valence-corrected chi connectivity index (χ3v) is 3.01. The molecule has 1 aliphatic rings. The van der Waals surface area contributed by atoms with E-state index in [1.807, 2.05) is 0 Å². The summed E-state index contributed by atoms with van der Waals surface area (Å²) in [5.41, 5.74) is 0.584. The van der Waals surface area contributed by atoms with Crippen molar-refractivity contribution >= 4 is 27.7 Å². The number of halogens is 1. The lowest BCUT2D eigenvalue weighted by Crippen LogP contribution is -2.34. The van der Waals surface area contributed by atoms with Crippen LogP contribution in [0.5, 0.6) is 0 Å². The quantitative estimate of drug-likeness (QED) is 0.780. The van der Waals surface area contributed by atoms with Gasteiger partial charge in [-0.05, 0) is 28.1 Å². The molecule has 2 rings (SSSR count). The molecule has 2 amide bonds. The first-order valence-corrected chi connectivity index (χ1v) is 6.13. The van der Waals surface area contributed by atoms with E-state index in [0.717, 1.165) is 0 Å². The van der Waals surface area contributed by atoms with Gasteiger partial charge in [-0.3, -0.25) is 9.59 Å². The van der Waals surface area contributed by atoms with Crippen molar-refractivity contribution in [3.63, 3.8) is 0 Å². The largest absolute Gasteiger partial charge is 0.354 e. The number of hydrogen-bond donors (Lipinski definition) is 1. The first-order valence-electron chi connectivity index (χ1n) is 5.34. The number of amides is 2. The molecule has 2 heterocycles. The molecule has 0 atom stereocenters. The summed E-state index contributed by atoms with van der Waals surface area (Å²) in [4.78, 5) is 29.0. The van der Waals surface area contributed by atoms with Gasteiger partial charge in [0.2, 0.25) is 5.91 Å². The zero-order chi connectivity index (χ0) is 12.3. The third-order valence-electron chi connectivity index (χ3n) is 2.57. The highest BCUT2D eigenvalue weighted by Crippen LogP contribution is 2.11. The van der Waals surface area contributed by atoms with E-state index in [2.05, 4.69) is 26.2 Å². The van der Waals surface area contributed by atoms with E-state index < -0.39 is 0 Å². The van der Waals surface area contributed by atoms with Crippen LogP contribution in [-0.2, 0) is 4.79 Å². The van der Waals surface area contributed by atoms with E-state index in [4.69, 9.17) is 0 Å². The highest BCUT2D eigenvalue weighted by atomic mass is 79.9. The zero-order valence-corrected chi connectivity index (χ0v) is 10.7. The smallest absolute Gasteiger partial charge is 0.254 e. The number of aromatic nitrogens is 1. The number of nitrogens with zero attached hydrogens (tertiary/aromatic N) is 2. The Labute approximate surface area is 107 Å². The van der Waals surface area contributed by atoms with Gasteiger partial charge in [0, 0.05) is 37.8 Å². The molecule has 1 fully saturated rings. The lowest BCUT2D eigenvalue weighted by molar-refractivity contribution is -0.120. The monoisotopic (exact) mass is 297 g/mol. The minimum absolute atomic E-state index is 0.00351. The number of hydrogen-bond acceptors (Lipinski definition) is 3. The Morgan fingerprint density at radius 1 is 1.47 bits per heavy atom. The van der Waals surface area contributed by atoms with E-state index in [1.54, 1.807) is 23.2 Å². The van der Waals surface area contributed by atoms with Crippen LogP contribution in [0.15, 0.2) is 22.9 Å². The lowest BCUT2D eigenvalue weighted by atomic mass is 10.2. The summed E-state index contributed by atoms with van der Waals surface area (Å²) >= 11 is 3.23. The molecule has 1 aromatic rings. The maximum absolute atomic E-state index is 12.1. The van der Waals surface area contributed by atoms with Gasteiger partial charge in [-0.25, -0.2) is 4.98 Å². The van der Waals surface area contributed by atoms with Crippen LogP contribution in [0.1, 0.15) is 16.8 Å². The second-order valence-corrected chi connectivity index (χ2v) is 4.57. The average Bonchev–Trinajstić information content (AvgIpc) is 2.53. The van der Waals surface area contributed by atoms with Gasteiger partial charge in [0.05, 0.1) is 0 Å². The predicted octanol–water partition coefficient (Wildman–Crippen LogP) is 0.806. The van der Waals surface area contributed by atoms with Gasteiger partial charge in [-0.2, -0.15) is 0 Å². The fraction of sp³-hybridized carbons (Fsp3) is 0.364. The number of pyridine rings is 1. The highest BCUT2D eigenvalue weighted by molar-refractivity contribution is 9.10. The summed E-state index contributed by atoms with van der Waals surface area (Å²) in [5, 5.41) is 2.74. The molecule has 0 bridgehead atoms. The van der Waals surface area contributed by atoms with Crippen molar-refractivity contribution in [1.29, 1.82) is 0 Å². The maximum atomic E-state index is 12.1. The molecule has 0 unspecified atom stereocenters. The molecule has 17 heavy (non-hydrogen) atoms. The molecule has 1 N–H and O–H groups in total. The highest BCUT2D eigenvalue weighted by Gasteiger charge is 2.19. The standard InChI is InChI=1S/C11H12BrN3O2/c12-9-7-8(1-3-13-9)11(17)15-5-2-10(16)14-4-6-15/h1,3,7H,2,4-6H2,(H,14,16). The molecule has 90 valence electrons. The fourth-order valence-corrected chi connectivity index (χ4v) is 2.05. The summed E-state index contributed by atoms with van der Waals surface area (Å²) in [5.74, 6) is -0.0687. The van der Waals surface area contributed by atoms with Crippen LogP contribution < -0.4 is 5.32 Å². The molecule has 0 aliphatic carbocycles. The number of nitrogens with one attached hydrogen (secondary N) is 1. The SMILES string of the molecule is O=C1CCN(C(=O)c2ccnc(Br)c2)CCN1. The van der Waals surface area contributed by atoms with E-state index in [9.17, 15) is 9.59 Å². The lowest BCUT2D eigenvalue weighted by Gasteiger charge is -2.19.